The lowest BCUT2D eigenvalue weighted by Gasteiger charge is -2.25. The van der Waals surface area contributed by atoms with Crippen LogP contribution in [-0.4, -0.2) is 34.5 Å². The van der Waals surface area contributed by atoms with Crippen molar-refractivity contribution < 1.29 is 4.74 Å². The van der Waals surface area contributed by atoms with Gasteiger partial charge in [-0.15, -0.1) is 0 Å². The maximum Gasteiger partial charge on any atom is 0.161 e. The van der Waals surface area contributed by atoms with Gasteiger partial charge in [-0.25, -0.2) is 9.67 Å². The van der Waals surface area contributed by atoms with Crippen LogP contribution in [0.25, 0.3) is 0 Å². The van der Waals surface area contributed by atoms with Gasteiger partial charge in [0.1, 0.15) is 6.10 Å². The molecule has 5 rings (SSSR count). The van der Waals surface area contributed by atoms with E-state index in [-0.39, 0.29) is 11.5 Å². The van der Waals surface area contributed by atoms with Crippen molar-refractivity contribution in [1.29, 1.82) is 0 Å². The van der Waals surface area contributed by atoms with E-state index < -0.39 is 0 Å². The first-order chi connectivity index (χ1) is 13.4. The SMILES string of the molecule is c1ccc(C2(c3nc([C@H]4CNCCO4)n(CC4CCCCC4)n3)CC2)cc1. The van der Waals surface area contributed by atoms with Crippen LogP contribution in [0.15, 0.2) is 30.3 Å². The maximum absolute atomic E-state index is 6.06. The highest BCUT2D eigenvalue weighted by atomic mass is 16.5. The lowest BCUT2D eigenvalue weighted by atomic mass is 9.89. The smallest absolute Gasteiger partial charge is 0.161 e. The minimum absolute atomic E-state index is 0.0233. The third-order valence-electron chi connectivity index (χ3n) is 6.58. The number of nitrogens with one attached hydrogen (secondary N) is 1. The van der Waals surface area contributed by atoms with Gasteiger partial charge in [-0.1, -0.05) is 49.6 Å². The van der Waals surface area contributed by atoms with Crippen LogP contribution in [0, 0.1) is 5.92 Å². The van der Waals surface area contributed by atoms with Gasteiger partial charge in [-0.05, 0) is 37.2 Å². The highest BCUT2D eigenvalue weighted by Gasteiger charge is 2.50. The molecule has 1 aromatic carbocycles. The topological polar surface area (TPSA) is 52.0 Å². The molecule has 2 saturated carbocycles. The first-order valence-electron chi connectivity index (χ1n) is 10.7. The molecule has 0 amide bonds. The Hall–Kier alpha value is -1.72. The summed E-state index contributed by atoms with van der Waals surface area (Å²) in [5, 5.41) is 8.54. The van der Waals surface area contributed by atoms with Crippen LogP contribution in [0.4, 0.5) is 0 Å². The Morgan fingerprint density at radius 1 is 1.11 bits per heavy atom. The molecule has 2 aromatic rings. The fourth-order valence-electron chi connectivity index (χ4n) is 4.80. The molecule has 144 valence electrons. The van der Waals surface area contributed by atoms with Crippen LogP contribution in [0.1, 0.15) is 68.3 Å². The van der Waals surface area contributed by atoms with E-state index in [4.69, 9.17) is 14.8 Å². The third kappa shape index (κ3) is 3.43. The van der Waals surface area contributed by atoms with Crippen LogP contribution in [0.2, 0.25) is 0 Å². The van der Waals surface area contributed by atoms with E-state index >= 15 is 0 Å². The molecule has 27 heavy (non-hydrogen) atoms. The zero-order valence-electron chi connectivity index (χ0n) is 16.1. The second-order valence-electron chi connectivity index (χ2n) is 8.49. The molecule has 0 spiro atoms. The van der Waals surface area contributed by atoms with Crippen LogP contribution < -0.4 is 5.32 Å². The molecule has 0 unspecified atom stereocenters. The van der Waals surface area contributed by atoms with Crippen molar-refractivity contribution >= 4 is 0 Å². The van der Waals surface area contributed by atoms with Crippen molar-refractivity contribution in [1.82, 2.24) is 20.1 Å². The van der Waals surface area contributed by atoms with E-state index in [1.165, 1.54) is 37.7 Å². The van der Waals surface area contributed by atoms with E-state index in [2.05, 4.69) is 40.3 Å². The van der Waals surface area contributed by atoms with E-state index in [1.54, 1.807) is 0 Å². The Balaban J connectivity index is 1.47. The van der Waals surface area contributed by atoms with Crippen LogP contribution in [0.3, 0.4) is 0 Å². The van der Waals surface area contributed by atoms with Gasteiger partial charge in [-0.3, -0.25) is 0 Å². The average Bonchev–Trinajstić information content (AvgIpc) is 3.45. The summed E-state index contributed by atoms with van der Waals surface area (Å²) in [7, 11) is 0. The van der Waals surface area contributed by atoms with Crippen molar-refractivity contribution in [2.75, 3.05) is 19.7 Å². The highest BCUT2D eigenvalue weighted by molar-refractivity contribution is 5.39. The lowest BCUT2D eigenvalue weighted by Crippen LogP contribution is -2.35. The van der Waals surface area contributed by atoms with Crippen molar-refractivity contribution in [3.63, 3.8) is 0 Å². The molecular weight excluding hydrogens is 336 g/mol. The summed E-state index contributed by atoms with van der Waals surface area (Å²) < 4.78 is 8.26. The number of hydrogen-bond acceptors (Lipinski definition) is 4. The van der Waals surface area contributed by atoms with E-state index in [9.17, 15) is 0 Å². The molecule has 5 heteroatoms. The monoisotopic (exact) mass is 366 g/mol. The molecule has 2 aliphatic carbocycles. The maximum atomic E-state index is 6.06. The van der Waals surface area contributed by atoms with Crippen LogP contribution in [0.5, 0.6) is 0 Å². The van der Waals surface area contributed by atoms with Gasteiger partial charge in [-0.2, -0.15) is 5.10 Å². The Kier molecular flexibility index (Phi) is 4.74. The molecule has 1 atom stereocenters. The minimum Gasteiger partial charge on any atom is -0.368 e. The largest absolute Gasteiger partial charge is 0.368 e. The second-order valence-corrected chi connectivity index (χ2v) is 8.49. The molecule has 3 aliphatic rings. The second kappa shape index (κ2) is 7.36. The molecule has 3 fully saturated rings. The summed E-state index contributed by atoms with van der Waals surface area (Å²) >= 11 is 0. The van der Waals surface area contributed by atoms with Crippen molar-refractivity contribution in [2.45, 2.75) is 63.0 Å². The highest BCUT2D eigenvalue weighted by Crippen LogP contribution is 2.52. The number of nitrogens with zero attached hydrogens (tertiary/aromatic N) is 3. The minimum atomic E-state index is 0.0233. The summed E-state index contributed by atoms with van der Waals surface area (Å²) in [5.74, 6) is 2.77. The molecule has 1 aliphatic heterocycles. The number of ether oxygens (including phenoxy) is 1. The fourth-order valence-corrected chi connectivity index (χ4v) is 4.80. The molecule has 1 saturated heterocycles. The van der Waals surface area contributed by atoms with Gasteiger partial charge in [0, 0.05) is 19.6 Å². The number of hydrogen-bond donors (Lipinski definition) is 1. The predicted octanol–water partition coefficient (Wildman–Crippen LogP) is 3.60. The van der Waals surface area contributed by atoms with E-state index in [1.807, 2.05) is 0 Å². The molecule has 1 N–H and O–H groups in total. The normalized spacial score (nSPS) is 25.4. The van der Waals surface area contributed by atoms with E-state index in [0.29, 0.717) is 0 Å². The van der Waals surface area contributed by atoms with Gasteiger partial charge >= 0.3 is 0 Å². The molecular formula is C22H30N4O. The molecule has 5 nitrogen and oxygen atoms in total. The first kappa shape index (κ1) is 17.4. The van der Waals surface area contributed by atoms with Gasteiger partial charge in [0.15, 0.2) is 11.6 Å². The van der Waals surface area contributed by atoms with Crippen molar-refractivity contribution in [3.05, 3.63) is 47.5 Å². The molecule has 0 radical (unpaired) electrons. The molecule has 2 heterocycles. The Morgan fingerprint density at radius 3 is 2.63 bits per heavy atom. The fraction of sp³-hybridized carbons (Fsp3) is 0.636. The molecule has 1 aromatic heterocycles. The van der Waals surface area contributed by atoms with Crippen molar-refractivity contribution in [2.24, 2.45) is 5.92 Å². The van der Waals surface area contributed by atoms with Crippen LogP contribution >= 0.6 is 0 Å². The number of benzene rings is 1. The lowest BCUT2D eigenvalue weighted by molar-refractivity contribution is 0.0185. The number of aromatic nitrogens is 3. The summed E-state index contributed by atoms with van der Waals surface area (Å²) in [6, 6.07) is 10.8. The van der Waals surface area contributed by atoms with Crippen molar-refractivity contribution in [3.8, 4) is 0 Å². The van der Waals surface area contributed by atoms with Gasteiger partial charge in [0.2, 0.25) is 0 Å². The van der Waals surface area contributed by atoms with Gasteiger partial charge < -0.3 is 10.1 Å². The summed E-state index contributed by atoms with van der Waals surface area (Å²) in [5.41, 5.74) is 1.38. The zero-order chi connectivity index (χ0) is 18.1. The van der Waals surface area contributed by atoms with Gasteiger partial charge in [0.05, 0.1) is 12.0 Å². The standard InChI is InChI=1S/C22H30N4O/c1-3-7-17(8-4-1)16-26-20(19-15-23-13-14-27-19)24-21(25-26)22(11-12-22)18-9-5-2-6-10-18/h2,5-6,9-10,17,19,23H,1,3-4,7-8,11-16H2/t19-/m1/s1. The first-order valence-corrected chi connectivity index (χ1v) is 10.7. The number of morpholine rings is 1. The average molecular weight is 367 g/mol. The Morgan fingerprint density at radius 2 is 1.93 bits per heavy atom. The summed E-state index contributed by atoms with van der Waals surface area (Å²) in [6.07, 6.45) is 9.06. The summed E-state index contributed by atoms with van der Waals surface area (Å²) in [6.45, 7) is 3.50. The Bertz CT molecular complexity index is 756. The Labute approximate surface area is 161 Å². The zero-order valence-corrected chi connectivity index (χ0v) is 16.1. The van der Waals surface area contributed by atoms with Crippen LogP contribution in [-0.2, 0) is 16.7 Å². The summed E-state index contributed by atoms with van der Waals surface area (Å²) in [4.78, 5) is 5.10. The van der Waals surface area contributed by atoms with Gasteiger partial charge in [0.25, 0.3) is 0 Å². The quantitative estimate of drug-likeness (QED) is 0.878. The third-order valence-corrected chi connectivity index (χ3v) is 6.58. The molecule has 0 bridgehead atoms. The predicted molar refractivity (Wildman–Crippen MR) is 105 cm³/mol. The van der Waals surface area contributed by atoms with E-state index in [0.717, 1.165) is 56.6 Å². The number of rotatable bonds is 5.